The molecule has 0 radical (unpaired) electrons. The number of rotatable bonds is 2. The first-order valence-corrected chi connectivity index (χ1v) is 9.25. The van der Waals surface area contributed by atoms with Crippen LogP contribution in [0.5, 0.6) is 0 Å². The zero-order chi connectivity index (χ0) is 19.6. The Morgan fingerprint density at radius 2 is 1.89 bits per heavy atom. The number of benzene rings is 2. The highest BCUT2D eigenvalue weighted by Crippen LogP contribution is 2.14. The summed E-state index contributed by atoms with van der Waals surface area (Å²) in [6.07, 6.45) is 1.72. The van der Waals surface area contributed by atoms with E-state index in [1.54, 1.807) is 24.3 Å². The van der Waals surface area contributed by atoms with E-state index < -0.39 is 0 Å². The molecule has 0 spiro atoms. The fourth-order valence-corrected chi connectivity index (χ4v) is 4.04. The summed E-state index contributed by atoms with van der Waals surface area (Å²) in [5.41, 5.74) is 3.02. The third-order valence-corrected chi connectivity index (χ3v) is 5.33. The van der Waals surface area contributed by atoms with Gasteiger partial charge in [0, 0.05) is 5.02 Å². The molecule has 0 aliphatic rings. The number of hydrogen-bond acceptors (Lipinski definition) is 4. The molecule has 0 bridgehead atoms. The minimum atomic E-state index is -0.273. The molecule has 0 fully saturated rings. The van der Waals surface area contributed by atoms with Crippen LogP contribution in [0.2, 0.25) is 5.02 Å². The largest absolute Gasteiger partial charge is 0.273 e. The fraction of sp³-hybridized carbons (Fsp3) is 0.0952. The molecule has 132 valence electrons. The van der Waals surface area contributed by atoms with Gasteiger partial charge in [-0.15, -0.1) is 11.3 Å². The SMILES string of the molecule is Cc1ccc(-n2c(=C(C#N)C#N)s/c(=C/c3cccc(Cl)c3)c2=O)c(C)c1. The van der Waals surface area contributed by atoms with E-state index in [0.717, 1.165) is 28.0 Å². The predicted octanol–water partition coefficient (Wildman–Crippen LogP) is 3.20. The number of nitriles is 2. The molecule has 0 amide bonds. The molecule has 0 atom stereocenters. The van der Waals surface area contributed by atoms with Gasteiger partial charge in [-0.1, -0.05) is 41.4 Å². The molecule has 3 rings (SSSR count). The molecule has 2 aromatic carbocycles. The Kier molecular flexibility index (Phi) is 5.28. The molecule has 1 heterocycles. The number of nitrogens with zero attached hydrogens (tertiary/aromatic N) is 3. The second-order valence-corrected chi connectivity index (χ2v) is 7.47. The quantitative estimate of drug-likeness (QED) is 0.673. The van der Waals surface area contributed by atoms with Gasteiger partial charge in [-0.3, -0.25) is 9.36 Å². The van der Waals surface area contributed by atoms with Crippen LogP contribution in [0.25, 0.3) is 17.3 Å². The van der Waals surface area contributed by atoms with Gasteiger partial charge in [0.2, 0.25) is 0 Å². The minimum absolute atomic E-state index is 0.0946. The number of aryl methyl sites for hydroxylation is 2. The van der Waals surface area contributed by atoms with Gasteiger partial charge < -0.3 is 0 Å². The average molecular weight is 392 g/mol. The van der Waals surface area contributed by atoms with Crippen LogP contribution in [0.15, 0.2) is 47.3 Å². The van der Waals surface area contributed by atoms with Gasteiger partial charge in [0.25, 0.3) is 5.56 Å². The summed E-state index contributed by atoms with van der Waals surface area (Å²) in [4.78, 5) is 13.1. The molecule has 0 aliphatic carbocycles. The second-order valence-electron chi connectivity index (χ2n) is 6.00. The van der Waals surface area contributed by atoms with Gasteiger partial charge in [-0.05, 0) is 49.2 Å². The summed E-state index contributed by atoms with van der Waals surface area (Å²) in [5.74, 6) is 0. The maximum atomic E-state index is 13.1. The Morgan fingerprint density at radius 1 is 1.15 bits per heavy atom. The lowest BCUT2D eigenvalue weighted by molar-refractivity contribution is 0.973. The van der Waals surface area contributed by atoms with Crippen molar-refractivity contribution in [2.45, 2.75) is 13.8 Å². The summed E-state index contributed by atoms with van der Waals surface area (Å²) in [6.45, 7) is 3.86. The van der Waals surface area contributed by atoms with Gasteiger partial charge in [0.15, 0.2) is 5.57 Å². The fourth-order valence-electron chi connectivity index (χ4n) is 2.79. The standard InChI is InChI=1S/C21H14ClN3OS/c1-13-6-7-18(14(2)8-13)25-20(26)19(27-21(25)16(11-23)12-24)10-15-4-3-5-17(22)9-15/h3-10H,1-2H3/b19-10+. The van der Waals surface area contributed by atoms with Crippen LogP contribution in [-0.2, 0) is 0 Å². The number of hydrogen-bond donors (Lipinski definition) is 0. The molecule has 0 saturated carbocycles. The van der Waals surface area contributed by atoms with Crippen LogP contribution in [0, 0.1) is 36.5 Å². The Balaban J connectivity index is 2.43. The van der Waals surface area contributed by atoms with E-state index in [-0.39, 0.29) is 11.1 Å². The maximum Gasteiger partial charge on any atom is 0.273 e. The topological polar surface area (TPSA) is 69.6 Å². The third kappa shape index (κ3) is 3.71. The zero-order valence-corrected chi connectivity index (χ0v) is 16.2. The monoisotopic (exact) mass is 391 g/mol. The van der Waals surface area contributed by atoms with Crippen LogP contribution in [0.3, 0.4) is 0 Å². The predicted molar refractivity (Wildman–Crippen MR) is 108 cm³/mol. The van der Waals surface area contributed by atoms with Crippen LogP contribution in [-0.4, -0.2) is 4.57 Å². The Bertz CT molecular complexity index is 1290. The van der Waals surface area contributed by atoms with Gasteiger partial charge in [-0.2, -0.15) is 10.5 Å². The molecule has 4 nitrogen and oxygen atoms in total. The van der Waals surface area contributed by atoms with E-state index in [4.69, 9.17) is 11.6 Å². The number of thiazole rings is 1. The molecule has 0 aliphatic heterocycles. The average Bonchev–Trinajstić information content (AvgIpc) is 2.93. The molecule has 3 aromatic rings. The highest BCUT2D eigenvalue weighted by molar-refractivity contribution is 7.07. The Labute approximate surface area is 165 Å². The summed E-state index contributed by atoms with van der Waals surface area (Å²) < 4.78 is 2.19. The molecule has 27 heavy (non-hydrogen) atoms. The van der Waals surface area contributed by atoms with Crippen molar-refractivity contribution >= 4 is 34.6 Å². The first-order valence-electron chi connectivity index (χ1n) is 8.06. The molecular weight excluding hydrogens is 378 g/mol. The highest BCUT2D eigenvalue weighted by Gasteiger charge is 2.13. The van der Waals surface area contributed by atoms with Crippen molar-refractivity contribution in [1.82, 2.24) is 4.57 Å². The summed E-state index contributed by atoms with van der Waals surface area (Å²) in [5, 5.41) is 19.3. The summed E-state index contributed by atoms with van der Waals surface area (Å²) >= 11 is 7.15. The van der Waals surface area contributed by atoms with Crippen molar-refractivity contribution in [2.24, 2.45) is 0 Å². The molecule has 0 saturated heterocycles. The van der Waals surface area contributed by atoms with Crippen molar-refractivity contribution in [1.29, 1.82) is 10.5 Å². The van der Waals surface area contributed by atoms with Crippen LogP contribution in [0.4, 0.5) is 0 Å². The van der Waals surface area contributed by atoms with E-state index in [0.29, 0.717) is 19.9 Å². The molecule has 0 N–H and O–H groups in total. The van der Waals surface area contributed by atoms with Crippen molar-refractivity contribution in [3.05, 3.63) is 83.7 Å². The maximum absolute atomic E-state index is 13.1. The van der Waals surface area contributed by atoms with Gasteiger partial charge in [0.1, 0.15) is 16.8 Å². The minimum Gasteiger partial charge on any atom is -0.267 e. The molecule has 1 aromatic heterocycles. The number of halogens is 1. The summed E-state index contributed by atoms with van der Waals surface area (Å²) in [7, 11) is 0. The molecule has 0 unspecified atom stereocenters. The highest BCUT2D eigenvalue weighted by atomic mass is 35.5. The van der Waals surface area contributed by atoms with Gasteiger partial charge in [-0.25, -0.2) is 0 Å². The normalized spacial score (nSPS) is 11.1. The molecule has 6 heteroatoms. The van der Waals surface area contributed by atoms with E-state index >= 15 is 0 Å². The summed E-state index contributed by atoms with van der Waals surface area (Å²) in [6, 6.07) is 16.6. The van der Waals surface area contributed by atoms with E-state index in [1.807, 2.05) is 50.3 Å². The zero-order valence-electron chi connectivity index (χ0n) is 14.7. The van der Waals surface area contributed by atoms with E-state index in [9.17, 15) is 15.3 Å². The lowest BCUT2D eigenvalue weighted by Gasteiger charge is -2.07. The Hall–Kier alpha value is -3.12. The van der Waals surface area contributed by atoms with Gasteiger partial charge in [0.05, 0.1) is 10.2 Å². The van der Waals surface area contributed by atoms with E-state index in [1.165, 1.54) is 4.57 Å². The van der Waals surface area contributed by atoms with Crippen molar-refractivity contribution in [3.8, 4) is 17.8 Å². The third-order valence-electron chi connectivity index (χ3n) is 4.00. The first-order chi connectivity index (χ1) is 12.9. The van der Waals surface area contributed by atoms with Gasteiger partial charge >= 0.3 is 0 Å². The van der Waals surface area contributed by atoms with Crippen molar-refractivity contribution in [2.75, 3.05) is 0 Å². The lowest BCUT2D eigenvalue weighted by atomic mass is 10.1. The smallest absolute Gasteiger partial charge is 0.267 e. The van der Waals surface area contributed by atoms with Crippen LogP contribution < -0.4 is 14.8 Å². The van der Waals surface area contributed by atoms with Crippen molar-refractivity contribution in [3.63, 3.8) is 0 Å². The number of aromatic nitrogens is 1. The van der Waals surface area contributed by atoms with Crippen LogP contribution in [0.1, 0.15) is 16.7 Å². The second kappa shape index (κ2) is 7.63. The first kappa shape index (κ1) is 18.7. The van der Waals surface area contributed by atoms with Crippen molar-refractivity contribution < 1.29 is 0 Å². The molecular formula is C21H14ClN3OS. The van der Waals surface area contributed by atoms with Crippen LogP contribution >= 0.6 is 22.9 Å². The van der Waals surface area contributed by atoms with E-state index in [2.05, 4.69) is 0 Å². The Morgan fingerprint density at radius 3 is 2.52 bits per heavy atom. The lowest BCUT2D eigenvalue weighted by Crippen LogP contribution is -2.31.